The molecule has 0 bridgehead atoms. The minimum atomic E-state index is 0.0758. The van der Waals surface area contributed by atoms with E-state index in [0.717, 1.165) is 32.1 Å². The molecule has 2 aromatic heterocycles. The monoisotopic (exact) mass is 318 g/mol. The first-order valence-corrected chi connectivity index (χ1v) is 7.74. The van der Waals surface area contributed by atoms with Gasteiger partial charge >= 0.3 is 0 Å². The third-order valence-corrected chi connectivity index (χ3v) is 4.49. The van der Waals surface area contributed by atoms with Crippen LogP contribution < -0.4 is 5.56 Å². The molecule has 0 N–H and O–H groups in total. The molecule has 0 atom stereocenters. The first-order chi connectivity index (χ1) is 7.67. The van der Waals surface area contributed by atoms with Crippen LogP contribution in [0.3, 0.4) is 0 Å². The lowest BCUT2D eigenvalue weighted by molar-refractivity contribution is 0.586. The largest absolute Gasteiger partial charge is 0.286 e. The average Bonchev–Trinajstić information content (AvgIpc) is 2.63. The molecule has 0 saturated carbocycles. The Morgan fingerprint density at radius 3 is 3.00 bits per heavy atom. The minimum Gasteiger partial charge on any atom is -0.286 e. The maximum atomic E-state index is 12.2. The molecule has 0 aliphatic rings. The van der Waals surface area contributed by atoms with Gasteiger partial charge in [-0.25, -0.2) is 4.98 Å². The molecule has 3 nitrogen and oxygen atoms in total. The molecule has 0 aromatic carbocycles. The summed E-state index contributed by atoms with van der Waals surface area (Å²) in [7, 11) is 0. The number of aromatic nitrogens is 2. The summed E-state index contributed by atoms with van der Waals surface area (Å²) in [6.45, 7) is 2.79. The molecule has 0 aliphatic carbocycles. The molecule has 2 aromatic rings. The number of thiophene rings is 1. The normalized spacial score (nSPS) is 11.2. The molecule has 6 heteroatoms. The van der Waals surface area contributed by atoms with Crippen molar-refractivity contribution in [2.24, 2.45) is 0 Å². The maximum Gasteiger partial charge on any atom is 0.272 e. The van der Waals surface area contributed by atoms with Crippen molar-refractivity contribution >= 4 is 49.2 Å². The molecule has 0 fully saturated rings. The van der Waals surface area contributed by atoms with Gasteiger partial charge in [-0.3, -0.25) is 9.36 Å². The van der Waals surface area contributed by atoms with Gasteiger partial charge in [-0.2, -0.15) is 0 Å². The lowest BCUT2D eigenvalue weighted by Gasteiger charge is -2.08. The van der Waals surface area contributed by atoms with Gasteiger partial charge in [-0.05, 0) is 34.7 Å². The van der Waals surface area contributed by atoms with E-state index in [1.807, 2.05) is 12.3 Å². The highest BCUT2D eigenvalue weighted by molar-refractivity contribution is 9.11. The average molecular weight is 319 g/mol. The predicted molar refractivity (Wildman–Crippen MR) is 73.7 cm³/mol. The Balaban J connectivity index is 2.76. The van der Waals surface area contributed by atoms with Gasteiger partial charge in [0.2, 0.25) is 0 Å². The van der Waals surface area contributed by atoms with Gasteiger partial charge < -0.3 is 0 Å². The molecule has 0 amide bonds. The van der Waals surface area contributed by atoms with E-state index >= 15 is 0 Å². The fraction of sp³-hybridized carbons (Fsp3) is 0.400. The molecule has 0 saturated heterocycles. The van der Waals surface area contributed by atoms with Crippen LogP contribution in [-0.2, 0) is 6.54 Å². The lowest BCUT2D eigenvalue weighted by Crippen LogP contribution is -2.22. The standard InChI is InChI=1S/C10H11BrN2OS2/c1-3-4-13-9(14)8-6(5-7(11)16-8)12-10(13)15-2/h5H,3-4H2,1-2H3. The Hall–Kier alpha value is -0.330. The zero-order valence-electron chi connectivity index (χ0n) is 8.99. The Bertz CT molecular complexity index is 576. The number of fused-ring (bicyclic) bond motifs is 1. The second-order valence-electron chi connectivity index (χ2n) is 3.32. The van der Waals surface area contributed by atoms with Gasteiger partial charge in [0, 0.05) is 6.54 Å². The van der Waals surface area contributed by atoms with Crippen molar-refractivity contribution in [3.8, 4) is 0 Å². The summed E-state index contributed by atoms with van der Waals surface area (Å²) in [4.78, 5) is 16.7. The van der Waals surface area contributed by atoms with Gasteiger partial charge in [0.25, 0.3) is 5.56 Å². The fourth-order valence-corrected chi connectivity index (χ4v) is 3.60. The van der Waals surface area contributed by atoms with Crippen molar-refractivity contribution in [3.63, 3.8) is 0 Å². The summed E-state index contributed by atoms with van der Waals surface area (Å²) < 4.78 is 3.45. The van der Waals surface area contributed by atoms with E-state index in [2.05, 4.69) is 27.8 Å². The Kier molecular flexibility index (Phi) is 3.71. The van der Waals surface area contributed by atoms with Crippen LogP contribution in [-0.4, -0.2) is 15.8 Å². The maximum absolute atomic E-state index is 12.2. The Morgan fingerprint density at radius 1 is 1.62 bits per heavy atom. The number of halogens is 1. The van der Waals surface area contributed by atoms with Crippen molar-refractivity contribution in [2.75, 3.05) is 6.26 Å². The van der Waals surface area contributed by atoms with Crippen molar-refractivity contribution in [1.82, 2.24) is 9.55 Å². The minimum absolute atomic E-state index is 0.0758. The lowest BCUT2D eigenvalue weighted by atomic mass is 10.4. The van der Waals surface area contributed by atoms with Crippen molar-refractivity contribution < 1.29 is 0 Å². The van der Waals surface area contributed by atoms with Crippen LogP contribution in [0.5, 0.6) is 0 Å². The van der Waals surface area contributed by atoms with E-state index in [1.165, 1.54) is 23.1 Å². The van der Waals surface area contributed by atoms with Crippen molar-refractivity contribution in [2.45, 2.75) is 25.0 Å². The molecule has 0 aliphatic heterocycles. The first-order valence-electron chi connectivity index (χ1n) is 4.91. The molecule has 86 valence electrons. The highest BCUT2D eigenvalue weighted by atomic mass is 79.9. The van der Waals surface area contributed by atoms with Crippen molar-refractivity contribution in [1.29, 1.82) is 0 Å². The Labute approximate surface area is 110 Å². The zero-order valence-corrected chi connectivity index (χ0v) is 12.2. The van der Waals surface area contributed by atoms with E-state index < -0.39 is 0 Å². The van der Waals surface area contributed by atoms with Crippen LogP contribution in [0, 0.1) is 0 Å². The number of thioether (sulfide) groups is 1. The third-order valence-electron chi connectivity index (χ3n) is 2.20. The molecule has 0 unspecified atom stereocenters. The zero-order chi connectivity index (χ0) is 11.7. The van der Waals surface area contributed by atoms with Crippen LogP contribution >= 0.6 is 39.0 Å². The summed E-state index contributed by atoms with van der Waals surface area (Å²) in [6.07, 6.45) is 2.88. The molecule has 2 rings (SSSR count). The van der Waals surface area contributed by atoms with Crippen LogP contribution in [0.1, 0.15) is 13.3 Å². The summed E-state index contributed by atoms with van der Waals surface area (Å²) in [6, 6.07) is 1.90. The smallest absolute Gasteiger partial charge is 0.272 e. The van der Waals surface area contributed by atoms with E-state index in [4.69, 9.17) is 0 Å². The number of hydrogen-bond acceptors (Lipinski definition) is 4. The highest BCUT2D eigenvalue weighted by Gasteiger charge is 2.12. The second kappa shape index (κ2) is 4.89. The number of rotatable bonds is 3. The van der Waals surface area contributed by atoms with Gasteiger partial charge in [-0.1, -0.05) is 18.7 Å². The fourth-order valence-electron chi connectivity index (χ4n) is 1.54. The first kappa shape index (κ1) is 12.1. The molecular formula is C10H11BrN2OS2. The summed E-state index contributed by atoms with van der Waals surface area (Å²) >= 11 is 6.36. The van der Waals surface area contributed by atoms with Gasteiger partial charge in [0.15, 0.2) is 5.16 Å². The molecule has 16 heavy (non-hydrogen) atoms. The SMILES string of the molecule is CCCn1c(SC)nc2cc(Br)sc2c1=O. The number of hydrogen-bond donors (Lipinski definition) is 0. The van der Waals surface area contributed by atoms with Crippen molar-refractivity contribution in [3.05, 3.63) is 20.2 Å². The second-order valence-corrected chi connectivity index (χ2v) is 6.53. The molecule has 2 heterocycles. The number of nitrogens with zero attached hydrogens (tertiary/aromatic N) is 2. The van der Waals surface area contributed by atoms with Crippen LogP contribution in [0.2, 0.25) is 0 Å². The third kappa shape index (κ3) is 2.06. The summed E-state index contributed by atoms with van der Waals surface area (Å²) in [5.74, 6) is 0. The van der Waals surface area contributed by atoms with Gasteiger partial charge in [-0.15, -0.1) is 11.3 Å². The molecular weight excluding hydrogens is 308 g/mol. The van der Waals surface area contributed by atoms with Crippen LogP contribution in [0.4, 0.5) is 0 Å². The van der Waals surface area contributed by atoms with E-state index in [0.29, 0.717) is 0 Å². The van der Waals surface area contributed by atoms with Gasteiger partial charge in [0.1, 0.15) is 4.70 Å². The summed E-state index contributed by atoms with van der Waals surface area (Å²) in [5, 5.41) is 0.796. The van der Waals surface area contributed by atoms with E-state index in [1.54, 1.807) is 4.57 Å². The molecule has 0 radical (unpaired) electrons. The summed E-state index contributed by atoms with van der Waals surface area (Å²) in [5.41, 5.74) is 0.866. The molecule has 0 spiro atoms. The van der Waals surface area contributed by atoms with Gasteiger partial charge in [0.05, 0.1) is 9.30 Å². The van der Waals surface area contributed by atoms with Crippen LogP contribution in [0.25, 0.3) is 10.2 Å². The van der Waals surface area contributed by atoms with Crippen LogP contribution in [0.15, 0.2) is 19.8 Å². The predicted octanol–water partition coefficient (Wildman–Crippen LogP) is 3.35. The van der Waals surface area contributed by atoms with E-state index in [-0.39, 0.29) is 5.56 Å². The Morgan fingerprint density at radius 2 is 2.38 bits per heavy atom. The van der Waals surface area contributed by atoms with E-state index in [9.17, 15) is 4.79 Å². The highest BCUT2D eigenvalue weighted by Crippen LogP contribution is 2.27. The quantitative estimate of drug-likeness (QED) is 0.643. The topological polar surface area (TPSA) is 34.9 Å².